The monoisotopic (exact) mass is 297 g/mol. The van der Waals surface area contributed by atoms with E-state index in [0.717, 1.165) is 11.5 Å². The standard InChI is InChI=1S/C13H9ClFNO2S/c14-10-4-1-2-6-13(10)19(17,18)9-7-12-11(15)5-3-8-16-12/h1-9H/b9-7+. The average molecular weight is 298 g/mol. The van der Waals surface area contributed by atoms with Crippen LogP contribution in [0.3, 0.4) is 0 Å². The van der Waals surface area contributed by atoms with E-state index in [1.807, 2.05) is 0 Å². The first-order valence-corrected chi connectivity index (χ1v) is 7.21. The topological polar surface area (TPSA) is 47.0 Å². The predicted molar refractivity (Wildman–Crippen MR) is 71.9 cm³/mol. The molecule has 0 saturated heterocycles. The summed E-state index contributed by atoms with van der Waals surface area (Å²) in [6.07, 6.45) is 2.48. The van der Waals surface area contributed by atoms with Crippen LogP contribution >= 0.6 is 11.6 Å². The third kappa shape index (κ3) is 3.19. The van der Waals surface area contributed by atoms with Gasteiger partial charge >= 0.3 is 0 Å². The van der Waals surface area contributed by atoms with Crippen LogP contribution in [-0.4, -0.2) is 13.4 Å². The summed E-state index contributed by atoms with van der Waals surface area (Å²) in [5, 5.41) is 1.01. The molecule has 0 bridgehead atoms. The van der Waals surface area contributed by atoms with E-state index >= 15 is 0 Å². The van der Waals surface area contributed by atoms with Crippen molar-refractivity contribution in [2.75, 3.05) is 0 Å². The lowest BCUT2D eigenvalue weighted by molar-refractivity contribution is 0.605. The van der Waals surface area contributed by atoms with Gasteiger partial charge in [0.25, 0.3) is 0 Å². The summed E-state index contributed by atoms with van der Waals surface area (Å²) in [6, 6.07) is 8.68. The van der Waals surface area contributed by atoms with Crippen LogP contribution in [0.4, 0.5) is 4.39 Å². The summed E-state index contributed by atoms with van der Waals surface area (Å²) >= 11 is 5.82. The fourth-order valence-electron chi connectivity index (χ4n) is 1.42. The number of hydrogen-bond donors (Lipinski definition) is 0. The highest BCUT2D eigenvalue weighted by Gasteiger charge is 2.14. The maximum Gasteiger partial charge on any atom is 0.201 e. The summed E-state index contributed by atoms with van der Waals surface area (Å²) in [5.74, 6) is -0.590. The molecular formula is C13H9ClFNO2S. The van der Waals surface area contributed by atoms with Gasteiger partial charge in [-0.2, -0.15) is 0 Å². The van der Waals surface area contributed by atoms with Crippen molar-refractivity contribution in [3.63, 3.8) is 0 Å². The van der Waals surface area contributed by atoms with Crippen molar-refractivity contribution in [1.82, 2.24) is 4.98 Å². The van der Waals surface area contributed by atoms with Gasteiger partial charge in [-0.05, 0) is 30.3 Å². The maximum absolute atomic E-state index is 13.3. The number of halogens is 2. The molecule has 3 nitrogen and oxygen atoms in total. The second-order valence-corrected chi connectivity index (χ2v) is 5.86. The van der Waals surface area contributed by atoms with E-state index in [-0.39, 0.29) is 15.6 Å². The van der Waals surface area contributed by atoms with Gasteiger partial charge in [-0.25, -0.2) is 12.8 Å². The van der Waals surface area contributed by atoms with E-state index in [4.69, 9.17) is 11.6 Å². The van der Waals surface area contributed by atoms with Gasteiger partial charge in [0.1, 0.15) is 5.82 Å². The Morgan fingerprint density at radius 3 is 2.58 bits per heavy atom. The molecule has 0 fully saturated rings. The highest BCUT2D eigenvalue weighted by Crippen LogP contribution is 2.23. The molecule has 0 atom stereocenters. The van der Waals surface area contributed by atoms with Crippen molar-refractivity contribution in [1.29, 1.82) is 0 Å². The highest BCUT2D eigenvalue weighted by molar-refractivity contribution is 7.94. The molecule has 2 rings (SSSR count). The number of rotatable bonds is 3. The van der Waals surface area contributed by atoms with Crippen LogP contribution in [0.15, 0.2) is 52.9 Å². The summed E-state index contributed by atoms with van der Waals surface area (Å²) in [5.41, 5.74) is -0.0434. The van der Waals surface area contributed by atoms with Gasteiger partial charge in [-0.3, -0.25) is 4.98 Å². The van der Waals surface area contributed by atoms with Crippen molar-refractivity contribution < 1.29 is 12.8 Å². The second kappa shape index (κ2) is 5.50. The number of sulfone groups is 1. The van der Waals surface area contributed by atoms with Gasteiger partial charge in [-0.1, -0.05) is 23.7 Å². The van der Waals surface area contributed by atoms with E-state index in [1.165, 1.54) is 30.5 Å². The molecule has 19 heavy (non-hydrogen) atoms. The minimum absolute atomic E-state index is 0.0238. The third-order valence-corrected chi connectivity index (χ3v) is 4.24. The van der Waals surface area contributed by atoms with Gasteiger partial charge in [-0.15, -0.1) is 0 Å². The van der Waals surface area contributed by atoms with Crippen LogP contribution in [0.2, 0.25) is 5.02 Å². The SMILES string of the molecule is O=S(=O)(/C=C/c1ncccc1F)c1ccccc1Cl. The molecule has 0 unspecified atom stereocenters. The zero-order chi connectivity index (χ0) is 13.9. The van der Waals surface area contributed by atoms with Crippen molar-refractivity contribution in [3.8, 4) is 0 Å². The van der Waals surface area contributed by atoms with Gasteiger partial charge in [0.15, 0.2) is 0 Å². The molecule has 0 spiro atoms. The first kappa shape index (κ1) is 13.7. The van der Waals surface area contributed by atoms with Gasteiger partial charge in [0.2, 0.25) is 9.84 Å². The van der Waals surface area contributed by atoms with Crippen LogP contribution < -0.4 is 0 Å². The lowest BCUT2D eigenvalue weighted by Crippen LogP contribution is -1.97. The minimum Gasteiger partial charge on any atom is -0.254 e. The largest absolute Gasteiger partial charge is 0.254 e. The lowest BCUT2D eigenvalue weighted by atomic mass is 10.3. The zero-order valence-electron chi connectivity index (χ0n) is 9.62. The second-order valence-electron chi connectivity index (χ2n) is 3.65. The molecule has 98 valence electrons. The number of nitrogens with zero attached hydrogens (tertiary/aromatic N) is 1. The van der Waals surface area contributed by atoms with E-state index in [1.54, 1.807) is 12.1 Å². The molecule has 1 heterocycles. The van der Waals surface area contributed by atoms with Crippen LogP contribution in [0.1, 0.15) is 5.69 Å². The molecule has 0 aliphatic carbocycles. The molecule has 0 N–H and O–H groups in total. The molecule has 2 aromatic rings. The summed E-state index contributed by atoms with van der Waals surface area (Å²) in [6.45, 7) is 0. The fraction of sp³-hybridized carbons (Fsp3) is 0. The van der Waals surface area contributed by atoms with Crippen LogP contribution in [0.5, 0.6) is 0 Å². The van der Waals surface area contributed by atoms with Gasteiger partial charge < -0.3 is 0 Å². The summed E-state index contributed by atoms with van der Waals surface area (Å²) in [4.78, 5) is 3.71. The molecule has 0 amide bonds. The number of benzene rings is 1. The van der Waals surface area contributed by atoms with Crippen molar-refractivity contribution in [2.45, 2.75) is 4.90 Å². The Bertz CT molecular complexity index is 729. The Morgan fingerprint density at radius 2 is 1.89 bits per heavy atom. The Balaban J connectivity index is 2.38. The summed E-state index contributed by atoms with van der Waals surface area (Å²) in [7, 11) is -3.73. The van der Waals surface area contributed by atoms with Gasteiger partial charge in [0.05, 0.1) is 15.6 Å². The maximum atomic E-state index is 13.3. The first-order chi connectivity index (χ1) is 9.00. The van der Waals surface area contributed by atoms with Crippen molar-refractivity contribution in [2.24, 2.45) is 0 Å². The molecule has 0 aliphatic rings. The van der Waals surface area contributed by atoms with E-state index in [9.17, 15) is 12.8 Å². The molecular weight excluding hydrogens is 289 g/mol. The number of pyridine rings is 1. The van der Waals surface area contributed by atoms with Crippen molar-refractivity contribution >= 4 is 27.5 Å². The third-order valence-electron chi connectivity index (χ3n) is 2.34. The van der Waals surface area contributed by atoms with Crippen LogP contribution in [0.25, 0.3) is 6.08 Å². The average Bonchev–Trinajstić information content (AvgIpc) is 2.38. The number of hydrogen-bond acceptors (Lipinski definition) is 3. The molecule has 1 aromatic carbocycles. The Hall–Kier alpha value is -1.72. The van der Waals surface area contributed by atoms with E-state index in [0.29, 0.717) is 0 Å². The lowest BCUT2D eigenvalue weighted by Gasteiger charge is -2.01. The van der Waals surface area contributed by atoms with E-state index in [2.05, 4.69) is 4.98 Å². The smallest absolute Gasteiger partial charge is 0.201 e. The Kier molecular flexibility index (Phi) is 3.97. The molecule has 0 aliphatic heterocycles. The normalized spacial score (nSPS) is 11.9. The predicted octanol–water partition coefficient (Wildman–Crippen LogP) is 3.32. The van der Waals surface area contributed by atoms with Crippen LogP contribution in [0, 0.1) is 5.82 Å². The van der Waals surface area contributed by atoms with Crippen LogP contribution in [-0.2, 0) is 9.84 Å². The first-order valence-electron chi connectivity index (χ1n) is 5.29. The van der Waals surface area contributed by atoms with Crippen molar-refractivity contribution in [3.05, 3.63) is 64.5 Å². The molecule has 1 aromatic heterocycles. The fourth-order valence-corrected chi connectivity index (χ4v) is 2.94. The van der Waals surface area contributed by atoms with Gasteiger partial charge in [0, 0.05) is 11.6 Å². The molecule has 0 saturated carbocycles. The highest BCUT2D eigenvalue weighted by atomic mass is 35.5. The Labute approximate surface area is 115 Å². The van der Waals surface area contributed by atoms with E-state index < -0.39 is 15.7 Å². The summed E-state index contributed by atoms with van der Waals surface area (Å²) < 4.78 is 37.3. The number of aromatic nitrogens is 1. The minimum atomic E-state index is -3.73. The Morgan fingerprint density at radius 1 is 1.16 bits per heavy atom. The molecule has 6 heteroatoms. The zero-order valence-corrected chi connectivity index (χ0v) is 11.2. The quantitative estimate of drug-likeness (QED) is 0.873. The molecule has 0 radical (unpaired) electrons.